The molecule has 0 fully saturated rings. The molecule has 0 aliphatic rings. The highest BCUT2D eigenvalue weighted by atomic mass is 19.1. The molecule has 0 saturated heterocycles. The van der Waals surface area contributed by atoms with Crippen molar-refractivity contribution in [2.45, 2.75) is 20.4 Å². The van der Waals surface area contributed by atoms with Gasteiger partial charge in [-0.3, -0.25) is 0 Å². The monoisotopic (exact) mass is 272 g/mol. The Hall–Kier alpha value is -1.87. The van der Waals surface area contributed by atoms with Gasteiger partial charge in [-0.25, -0.2) is 4.39 Å². The normalized spacial score (nSPS) is 10.6. The molecule has 2 rings (SSSR count). The molecule has 0 aliphatic heterocycles. The summed E-state index contributed by atoms with van der Waals surface area (Å²) in [7, 11) is 1.91. The van der Waals surface area contributed by atoms with Crippen LogP contribution in [0, 0.1) is 12.7 Å². The lowest BCUT2D eigenvalue weighted by molar-refractivity contribution is 0.621. The van der Waals surface area contributed by atoms with Crippen molar-refractivity contribution < 1.29 is 4.39 Å². The smallest absolute Gasteiger partial charge is 0.147 e. The first-order valence-electron chi connectivity index (χ1n) is 6.92. The largest absolute Gasteiger partial charge is 0.342 e. The van der Waals surface area contributed by atoms with Crippen molar-refractivity contribution in [1.29, 1.82) is 0 Å². The molecular formula is C17H21FN2. The highest BCUT2D eigenvalue weighted by Crippen LogP contribution is 2.31. The number of halogens is 1. The van der Waals surface area contributed by atoms with E-state index >= 15 is 0 Å². The fraction of sp³-hybridized carbons (Fsp3) is 0.294. The van der Waals surface area contributed by atoms with Crippen LogP contribution in [-0.2, 0) is 6.54 Å². The zero-order valence-electron chi connectivity index (χ0n) is 12.3. The first kappa shape index (κ1) is 14.5. The molecule has 20 heavy (non-hydrogen) atoms. The van der Waals surface area contributed by atoms with E-state index in [0.29, 0.717) is 12.2 Å². The first-order chi connectivity index (χ1) is 9.65. The lowest BCUT2D eigenvalue weighted by Crippen LogP contribution is -2.19. The van der Waals surface area contributed by atoms with Gasteiger partial charge in [0.1, 0.15) is 5.82 Å². The predicted octanol–water partition coefficient (Wildman–Crippen LogP) is 4.01. The Morgan fingerprint density at radius 1 is 1.10 bits per heavy atom. The summed E-state index contributed by atoms with van der Waals surface area (Å²) in [6.45, 7) is 5.62. The molecule has 0 aliphatic carbocycles. The van der Waals surface area contributed by atoms with Gasteiger partial charge in [-0.15, -0.1) is 0 Å². The fourth-order valence-electron chi connectivity index (χ4n) is 2.40. The number of hydrogen-bond acceptors (Lipinski definition) is 2. The summed E-state index contributed by atoms with van der Waals surface area (Å²) in [5, 5.41) is 3.26. The molecule has 0 heterocycles. The molecule has 2 aromatic rings. The maximum Gasteiger partial charge on any atom is 0.147 e. The van der Waals surface area contributed by atoms with E-state index in [2.05, 4.69) is 5.32 Å². The van der Waals surface area contributed by atoms with Gasteiger partial charge < -0.3 is 10.2 Å². The molecular weight excluding hydrogens is 251 g/mol. The van der Waals surface area contributed by atoms with Crippen molar-refractivity contribution in [3.05, 3.63) is 59.4 Å². The Morgan fingerprint density at radius 3 is 2.55 bits per heavy atom. The summed E-state index contributed by atoms with van der Waals surface area (Å²) in [6, 6.07) is 13.3. The van der Waals surface area contributed by atoms with Crippen LogP contribution in [0.2, 0.25) is 0 Å². The third kappa shape index (κ3) is 2.99. The number of para-hydroxylation sites is 2. The van der Waals surface area contributed by atoms with Gasteiger partial charge in [0.15, 0.2) is 0 Å². The quantitative estimate of drug-likeness (QED) is 0.884. The Kier molecular flexibility index (Phi) is 4.74. The van der Waals surface area contributed by atoms with E-state index in [9.17, 15) is 4.39 Å². The van der Waals surface area contributed by atoms with Crippen LogP contribution in [0.25, 0.3) is 0 Å². The number of hydrogen-bond donors (Lipinski definition) is 1. The maximum absolute atomic E-state index is 14.3. The van der Waals surface area contributed by atoms with Crippen LogP contribution < -0.4 is 10.2 Å². The Morgan fingerprint density at radius 2 is 1.85 bits per heavy atom. The molecule has 0 atom stereocenters. The summed E-state index contributed by atoms with van der Waals surface area (Å²) < 4.78 is 14.3. The van der Waals surface area contributed by atoms with Crippen LogP contribution in [-0.4, -0.2) is 13.6 Å². The van der Waals surface area contributed by atoms with E-state index in [1.165, 1.54) is 6.07 Å². The van der Waals surface area contributed by atoms with Crippen molar-refractivity contribution in [3.8, 4) is 0 Å². The molecule has 2 aromatic carbocycles. The van der Waals surface area contributed by atoms with Crippen LogP contribution in [0.3, 0.4) is 0 Å². The van der Waals surface area contributed by atoms with Crippen LogP contribution in [0.15, 0.2) is 42.5 Å². The fourth-order valence-corrected chi connectivity index (χ4v) is 2.40. The van der Waals surface area contributed by atoms with Crippen LogP contribution in [0.4, 0.5) is 15.8 Å². The van der Waals surface area contributed by atoms with Gasteiger partial charge in [-0.1, -0.05) is 37.3 Å². The van der Waals surface area contributed by atoms with Gasteiger partial charge in [-0.2, -0.15) is 0 Å². The number of anilines is 2. The lowest BCUT2D eigenvalue weighted by Gasteiger charge is -2.25. The van der Waals surface area contributed by atoms with E-state index in [0.717, 1.165) is 23.4 Å². The minimum atomic E-state index is -0.189. The van der Waals surface area contributed by atoms with Crippen molar-refractivity contribution in [2.24, 2.45) is 0 Å². The molecule has 0 amide bonds. The standard InChI is InChI=1S/C17H21FN2/c1-4-19-12-14-9-7-10-15(18)17(14)20(3)16-11-6-5-8-13(16)2/h5-11,19H,4,12H2,1-3H3. The second-order valence-corrected chi connectivity index (χ2v) is 4.87. The molecule has 3 heteroatoms. The highest BCUT2D eigenvalue weighted by Gasteiger charge is 2.15. The summed E-state index contributed by atoms with van der Waals surface area (Å²) in [6.07, 6.45) is 0. The van der Waals surface area contributed by atoms with Crippen molar-refractivity contribution in [1.82, 2.24) is 5.32 Å². The van der Waals surface area contributed by atoms with Crippen molar-refractivity contribution in [2.75, 3.05) is 18.5 Å². The Balaban J connectivity index is 2.43. The van der Waals surface area contributed by atoms with Gasteiger partial charge >= 0.3 is 0 Å². The molecule has 106 valence electrons. The van der Waals surface area contributed by atoms with Gasteiger partial charge in [0.05, 0.1) is 5.69 Å². The van der Waals surface area contributed by atoms with Crippen LogP contribution in [0.1, 0.15) is 18.1 Å². The van der Waals surface area contributed by atoms with E-state index < -0.39 is 0 Å². The molecule has 0 saturated carbocycles. The van der Waals surface area contributed by atoms with Gasteiger partial charge in [-0.05, 0) is 36.7 Å². The summed E-state index contributed by atoms with van der Waals surface area (Å²) in [5.41, 5.74) is 3.77. The number of aryl methyl sites for hydroxylation is 1. The average Bonchev–Trinajstić information content (AvgIpc) is 2.45. The first-order valence-corrected chi connectivity index (χ1v) is 6.92. The molecule has 1 N–H and O–H groups in total. The predicted molar refractivity (Wildman–Crippen MR) is 83.0 cm³/mol. The lowest BCUT2D eigenvalue weighted by atomic mass is 10.1. The minimum absolute atomic E-state index is 0.189. The Bertz CT molecular complexity index is 581. The van der Waals surface area contributed by atoms with E-state index in [1.807, 2.05) is 56.1 Å². The van der Waals surface area contributed by atoms with Gasteiger partial charge in [0.25, 0.3) is 0 Å². The van der Waals surface area contributed by atoms with E-state index in [-0.39, 0.29) is 5.82 Å². The number of benzene rings is 2. The summed E-state index contributed by atoms with van der Waals surface area (Å²) in [4.78, 5) is 1.93. The third-order valence-electron chi connectivity index (χ3n) is 3.45. The van der Waals surface area contributed by atoms with Crippen molar-refractivity contribution in [3.63, 3.8) is 0 Å². The second-order valence-electron chi connectivity index (χ2n) is 4.87. The van der Waals surface area contributed by atoms with Crippen LogP contribution >= 0.6 is 0 Å². The zero-order chi connectivity index (χ0) is 14.5. The average molecular weight is 272 g/mol. The SMILES string of the molecule is CCNCc1cccc(F)c1N(C)c1ccccc1C. The molecule has 0 unspecified atom stereocenters. The molecule has 0 spiro atoms. The minimum Gasteiger partial charge on any atom is -0.342 e. The van der Waals surface area contributed by atoms with Gasteiger partial charge in [0.2, 0.25) is 0 Å². The third-order valence-corrected chi connectivity index (χ3v) is 3.45. The Labute approximate surface area is 120 Å². The van der Waals surface area contributed by atoms with Gasteiger partial charge in [0, 0.05) is 19.3 Å². The maximum atomic E-state index is 14.3. The summed E-state index contributed by atoms with van der Waals surface area (Å²) in [5.74, 6) is -0.189. The molecule has 0 aromatic heterocycles. The highest BCUT2D eigenvalue weighted by molar-refractivity contribution is 5.68. The summed E-state index contributed by atoms with van der Waals surface area (Å²) >= 11 is 0. The molecule has 0 radical (unpaired) electrons. The molecule has 2 nitrogen and oxygen atoms in total. The number of nitrogens with one attached hydrogen (secondary N) is 1. The zero-order valence-corrected chi connectivity index (χ0v) is 12.3. The van der Waals surface area contributed by atoms with E-state index in [1.54, 1.807) is 6.07 Å². The number of rotatable bonds is 5. The number of nitrogens with zero attached hydrogens (tertiary/aromatic N) is 1. The van der Waals surface area contributed by atoms with Crippen molar-refractivity contribution >= 4 is 11.4 Å². The second kappa shape index (κ2) is 6.53. The molecule has 0 bridgehead atoms. The van der Waals surface area contributed by atoms with E-state index in [4.69, 9.17) is 0 Å². The topological polar surface area (TPSA) is 15.3 Å². The van der Waals surface area contributed by atoms with Crippen LogP contribution in [0.5, 0.6) is 0 Å².